The molecule has 2 N–H and O–H groups in total. The Morgan fingerprint density at radius 2 is 2.09 bits per heavy atom. The maximum Gasteiger partial charge on any atom is 0.287 e. The number of hydrogen-bond donors (Lipinski definition) is 1. The van der Waals surface area contributed by atoms with Crippen LogP contribution in [-0.4, -0.2) is 23.1 Å². The summed E-state index contributed by atoms with van der Waals surface area (Å²) in [5.41, 5.74) is 6.51. The molecule has 0 unspecified atom stereocenters. The number of nitro groups is 1. The number of hydrogen-bond acceptors (Lipinski definition) is 6. The van der Waals surface area contributed by atoms with Crippen LogP contribution in [0.1, 0.15) is 12.5 Å². The van der Waals surface area contributed by atoms with E-state index in [1.54, 1.807) is 6.07 Å². The van der Waals surface area contributed by atoms with Gasteiger partial charge < -0.3 is 15.2 Å². The standard InChI is InChI=1S/C15H17N3O4/c1-2-21-14-9-11(7-8-16)3-5-13(14)22-15-6-4-12(10-17-15)18(19)20/h3-6,9-10H,2,7-8,16H2,1H3. The minimum absolute atomic E-state index is 0.0873. The number of nitrogens with two attached hydrogens (primary N) is 1. The average molecular weight is 303 g/mol. The molecule has 1 heterocycles. The maximum atomic E-state index is 10.6. The second-order valence-corrected chi connectivity index (χ2v) is 4.47. The third-order valence-corrected chi connectivity index (χ3v) is 2.89. The van der Waals surface area contributed by atoms with Crippen LogP contribution in [0.2, 0.25) is 0 Å². The Kier molecular flexibility index (Phi) is 5.26. The lowest BCUT2D eigenvalue weighted by Gasteiger charge is -2.12. The minimum atomic E-state index is -0.510. The maximum absolute atomic E-state index is 10.6. The molecule has 2 aromatic rings. The van der Waals surface area contributed by atoms with Crippen molar-refractivity contribution in [1.29, 1.82) is 0 Å². The van der Waals surface area contributed by atoms with Crippen LogP contribution in [0.5, 0.6) is 17.4 Å². The van der Waals surface area contributed by atoms with Crippen LogP contribution in [0.4, 0.5) is 5.69 Å². The lowest BCUT2D eigenvalue weighted by atomic mass is 10.1. The zero-order chi connectivity index (χ0) is 15.9. The first kappa shape index (κ1) is 15.7. The summed E-state index contributed by atoms with van der Waals surface area (Å²) >= 11 is 0. The van der Waals surface area contributed by atoms with Gasteiger partial charge in [-0.2, -0.15) is 0 Å². The van der Waals surface area contributed by atoms with E-state index in [2.05, 4.69) is 4.98 Å². The number of pyridine rings is 1. The average Bonchev–Trinajstić information content (AvgIpc) is 2.51. The first-order chi connectivity index (χ1) is 10.6. The highest BCUT2D eigenvalue weighted by molar-refractivity contribution is 5.45. The van der Waals surface area contributed by atoms with Crippen LogP contribution in [0, 0.1) is 10.1 Å². The molecule has 1 aromatic carbocycles. The molecule has 0 amide bonds. The van der Waals surface area contributed by atoms with E-state index in [1.165, 1.54) is 12.1 Å². The molecular formula is C15H17N3O4. The van der Waals surface area contributed by atoms with Crippen molar-refractivity contribution in [1.82, 2.24) is 4.98 Å². The Bertz CT molecular complexity index is 644. The van der Waals surface area contributed by atoms with Gasteiger partial charge in [-0.3, -0.25) is 10.1 Å². The van der Waals surface area contributed by atoms with Crippen molar-refractivity contribution in [3.05, 3.63) is 52.2 Å². The number of nitrogens with zero attached hydrogens (tertiary/aromatic N) is 2. The van der Waals surface area contributed by atoms with Gasteiger partial charge in [0.2, 0.25) is 5.88 Å². The molecule has 1 aromatic heterocycles. The normalized spacial score (nSPS) is 10.3. The Labute approximate surface area is 127 Å². The summed E-state index contributed by atoms with van der Waals surface area (Å²) in [6.45, 7) is 2.93. The van der Waals surface area contributed by atoms with E-state index in [-0.39, 0.29) is 11.6 Å². The highest BCUT2D eigenvalue weighted by atomic mass is 16.6. The van der Waals surface area contributed by atoms with Crippen LogP contribution in [0.15, 0.2) is 36.5 Å². The first-order valence-corrected chi connectivity index (χ1v) is 6.88. The SMILES string of the molecule is CCOc1cc(CCN)ccc1Oc1ccc([N+](=O)[O-])cn1. The van der Waals surface area contributed by atoms with Gasteiger partial charge in [-0.25, -0.2) is 4.98 Å². The van der Waals surface area contributed by atoms with E-state index in [1.807, 2.05) is 19.1 Å². The smallest absolute Gasteiger partial charge is 0.287 e. The lowest BCUT2D eigenvalue weighted by molar-refractivity contribution is -0.385. The molecule has 0 fully saturated rings. The summed E-state index contributed by atoms with van der Waals surface area (Å²) in [4.78, 5) is 14.0. The molecule has 22 heavy (non-hydrogen) atoms. The van der Waals surface area contributed by atoms with Gasteiger partial charge in [0, 0.05) is 12.1 Å². The van der Waals surface area contributed by atoms with E-state index in [0.29, 0.717) is 24.7 Å². The molecule has 7 nitrogen and oxygen atoms in total. The predicted octanol–water partition coefficient (Wildman–Crippen LogP) is 2.68. The topological polar surface area (TPSA) is 101 Å². The Hall–Kier alpha value is -2.67. The summed E-state index contributed by atoms with van der Waals surface area (Å²) in [5.74, 6) is 1.36. The van der Waals surface area contributed by atoms with E-state index < -0.39 is 4.92 Å². The fourth-order valence-corrected chi connectivity index (χ4v) is 1.88. The summed E-state index contributed by atoms with van der Waals surface area (Å²) < 4.78 is 11.2. The molecule has 2 rings (SSSR count). The van der Waals surface area contributed by atoms with Crippen molar-refractivity contribution in [3.63, 3.8) is 0 Å². The first-order valence-electron chi connectivity index (χ1n) is 6.88. The summed E-state index contributed by atoms with van der Waals surface area (Å²) in [7, 11) is 0. The van der Waals surface area contributed by atoms with Crippen molar-refractivity contribution in [2.24, 2.45) is 5.73 Å². The summed E-state index contributed by atoms with van der Waals surface area (Å²) in [6.07, 6.45) is 1.90. The predicted molar refractivity (Wildman–Crippen MR) is 81.3 cm³/mol. The second-order valence-electron chi connectivity index (χ2n) is 4.47. The molecule has 0 aliphatic heterocycles. The lowest BCUT2D eigenvalue weighted by Crippen LogP contribution is -2.03. The molecule has 116 valence electrons. The van der Waals surface area contributed by atoms with E-state index in [4.69, 9.17) is 15.2 Å². The monoisotopic (exact) mass is 303 g/mol. The van der Waals surface area contributed by atoms with Crippen molar-refractivity contribution >= 4 is 5.69 Å². The zero-order valence-electron chi connectivity index (χ0n) is 12.2. The van der Waals surface area contributed by atoms with Crippen molar-refractivity contribution in [2.75, 3.05) is 13.2 Å². The van der Waals surface area contributed by atoms with Gasteiger partial charge in [-0.05, 0) is 37.6 Å². The van der Waals surface area contributed by atoms with Gasteiger partial charge in [0.15, 0.2) is 11.5 Å². The molecule has 0 atom stereocenters. The minimum Gasteiger partial charge on any atom is -0.490 e. The highest BCUT2D eigenvalue weighted by Crippen LogP contribution is 2.32. The quantitative estimate of drug-likeness (QED) is 0.623. The zero-order valence-corrected chi connectivity index (χ0v) is 12.2. The number of benzene rings is 1. The Morgan fingerprint density at radius 1 is 1.27 bits per heavy atom. The van der Waals surface area contributed by atoms with Gasteiger partial charge in [0.1, 0.15) is 6.20 Å². The van der Waals surface area contributed by atoms with Crippen molar-refractivity contribution in [2.45, 2.75) is 13.3 Å². The Morgan fingerprint density at radius 3 is 2.68 bits per heavy atom. The number of aromatic nitrogens is 1. The summed E-state index contributed by atoms with van der Waals surface area (Å²) in [5, 5.41) is 10.6. The van der Waals surface area contributed by atoms with E-state index in [0.717, 1.165) is 18.2 Å². The van der Waals surface area contributed by atoms with Gasteiger partial charge in [-0.1, -0.05) is 6.07 Å². The van der Waals surface area contributed by atoms with Crippen LogP contribution in [0.3, 0.4) is 0 Å². The van der Waals surface area contributed by atoms with Crippen molar-refractivity contribution < 1.29 is 14.4 Å². The van der Waals surface area contributed by atoms with Crippen LogP contribution < -0.4 is 15.2 Å². The third-order valence-electron chi connectivity index (χ3n) is 2.89. The highest BCUT2D eigenvalue weighted by Gasteiger charge is 2.10. The number of ether oxygens (including phenoxy) is 2. The number of rotatable bonds is 7. The molecule has 0 saturated heterocycles. The fourth-order valence-electron chi connectivity index (χ4n) is 1.88. The second kappa shape index (κ2) is 7.37. The van der Waals surface area contributed by atoms with Gasteiger partial charge in [-0.15, -0.1) is 0 Å². The molecule has 0 radical (unpaired) electrons. The largest absolute Gasteiger partial charge is 0.490 e. The van der Waals surface area contributed by atoms with E-state index >= 15 is 0 Å². The Balaban J connectivity index is 2.21. The van der Waals surface area contributed by atoms with Crippen LogP contribution >= 0.6 is 0 Å². The fraction of sp³-hybridized carbons (Fsp3) is 0.267. The third kappa shape index (κ3) is 3.92. The molecule has 7 heteroatoms. The van der Waals surface area contributed by atoms with Crippen LogP contribution in [0.25, 0.3) is 0 Å². The van der Waals surface area contributed by atoms with Crippen molar-refractivity contribution in [3.8, 4) is 17.4 Å². The summed E-state index contributed by atoms with van der Waals surface area (Å²) in [6, 6.07) is 8.33. The molecule has 0 bridgehead atoms. The molecular weight excluding hydrogens is 286 g/mol. The van der Waals surface area contributed by atoms with Gasteiger partial charge >= 0.3 is 0 Å². The molecule has 0 aliphatic rings. The molecule has 0 aliphatic carbocycles. The van der Waals surface area contributed by atoms with Gasteiger partial charge in [0.05, 0.1) is 11.5 Å². The molecule has 0 spiro atoms. The van der Waals surface area contributed by atoms with Gasteiger partial charge in [0.25, 0.3) is 5.69 Å². The molecule has 0 saturated carbocycles. The van der Waals surface area contributed by atoms with Crippen LogP contribution in [-0.2, 0) is 6.42 Å². The van der Waals surface area contributed by atoms with E-state index in [9.17, 15) is 10.1 Å².